The second kappa shape index (κ2) is 13.7. The summed E-state index contributed by atoms with van der Waals surface area (Å²) in [6.07, 6.45) is 8.22. The van der Waals surface area contributed by atoms with E-state index in [1.54, 1.807) is 12.3 Å². The van der Waals surface area contributed by atoms with Crippen LogP contribution < -0.4 is 21.7 Å². The molecular formula is C34H34N10O4. The van der Waals surface area contributed by atoms with E-state index >= 15 is 0 Å². The number of carbonyl (C=O) groups is 3. The number of rotatable bonds is 9. The van der Waals surface area contributed by atoms with E-state index in [1.165, 1.54) is 28.5 Å². The number of nitriles is 1. The lowest BCUT2D eigenvalue weighted by molar-refractivity contribution is 0.0548. The van der Waals surface area contributed by atoms with E-state index < -0.39 is 17.8 Å². The molecule has 5 N–H and O–H groups in total. The Morgan fingerprint density at radius 3 is 2.81 bits per heavy atom. The molecule has 0 radical (unpaired) electrons. The van der Waals surface area contributed by atoms with Crippen LogP contribution >= 0.6 is 0 Å². The van der Waals surface area contributed by atoms with Gasteiger partial charge < -0.3 is 26.4 Å². The van der Waals surface area contributed by atoms with Crippen molar-refractivity contribution in [2.75, 3.05) is 6.61 Å². The number of ether oxygens (including phenoxy) is 1. The molecule has 2 atom stereocenters. The number of nitrogens with two attached hydrogens (primary N) is 1. The molecule has 1 unspecified atom stereocenters. The summed E-state index contributed by atoms with van der Waals surface area (Å²) in [5, 5.41) is 21.9. The topological polar surface area (TPSA) is 202 Å². The number of nitrogens with zero attached hydrogens (tertiary/aromatic N) is 6. The van der Waals surface area contributed by atoms with Crippen LogP contribution in [0, 0.1) is 18.4 Å². The lowest BCUT2D eigenvalue weighted by atomic mass is 9.87. The first-order valence-corrected chi connectivity index (χ1v) is 15.6. The summed E-state index contributed by atoms with van der Waals surface area (Å²) < 4.78 is 6.52. The normalized spacial score (nSPS) is 16.7. The lowest BCUT2D eigenvalue weighted by Gasteiger charge is -2.26. The molecule has 0 fully saturated rings. The lowest BCUT2D eigenvalue weighted by Crippen LogP contribution is -2.42. The van der Waals surface area contributed by atoms with Crippen molar-refractivity contribution in [2.24, 2.45) is 10.7 Å². The quantitative estimate of drug-likeness (QED) is 0.0688. The number of hydrogen-bond donors (Lipinski definition) is 4. The molecule has 2 amide bonds. The maximum Gasteiger partial charge on any atom is 0.338 e. The SMILES string of the molecule is C=CCOC(=O)c1ccc2c(c1C)CC[C@@H]2NC(=O)c1cc(C(=O)NCc2ccc3c(c2)CC(NC(N)=NC#N)CC3)nc2ncnn12. The Kier molecular flexibility index (Phi) is 9.11. The van der Waals surface area contributed by atoms with Crippen molar-refractivity contribution in [3.8, 4) is 6.19 Å². The maximum absolute atomic E-state index is 13.6. The molecule has 0 spiro atoms. The standard InChI is InChI=1S/C34H34N10O4/c1-3-12-48-32(47)25-8-9-26-24(19(25)2)10-11-27(26)42-31(46)29-15-28(43-34-39-18-40-44(29)34)30(45)37-16-20-4-5-21-6-7-23(14-22(21)13-20)41-33(36)38-17-35/h3-5,8-9,13,15,18,23,27H,1,6-7,10-12,14,16H2,2H3,(H,37,45)(H,42,46)(H3,36,38,41)/t23?,27-/m0/s1. The minimum atomic E-state index is -0.468. The Bertz CT molecular complexity index is 2010. The molecule has 2 aliphatic rings. The molecule has 0 aliphatic heterocycles. The minimum Gasteiger partial charge on any atom is -0.458 e. The molecular weight excluding hydrogens is 612 g/mol. The van der Waals surface area contributed by atoms with E-state index in [0.29, 0.717) is 24.8 Å². The van der Waals surface area contributed by atoms with E-state index in [-0.39, 0.29) is 48.4 Å². The summed E-state index contributed by atoms with van der Waals surface area (Å²) >= 11 is 0. The first-order valence-electron chi connectivity index (χ1n) is 15.6. The Balaban J connectivity index is 1.15. The van der Waals surface area contributed by atoms with E-state index in [4.69, 9.17) is 15.7 Å². The molecule has 2 aromatic heterocycles. The summed E-state index contributed by atoms with van der Waals surface area (Å²) in [4.78, 5) is 51.4. The molecule has 0 bridgehead atoms. The number of nitrogens with one attached hydrogen (secondary N) is 3. The third-order valence-corrected chi connectivity index (χ3v) is 8.74. The van der Waals surface area contributed by atoms with Gasteiger partial charge in [0, 0.05) is 18.7 Å². The van der Waals surface area contributed by atoms with Gasteiger partial charge in [0.25, 0.3) is 17.6 Å². The number of aliphatic imine (C=N–C) groups is 1. The van der Waals surface area contributed by atoms with E-state index in [2.05, 4.69) is 48.7 Å². The molecule has 48 heavy (non-hydrogen) atoms. The number of carbonyl (C=O) groups excluding carboxylic acids is 3. The van der Waals surface area contributed by atoms with Gasteiger partial charge in [-0.3, -0.25) is 9.59 Å². The molecule has 2 heterocycles. The highest BCUT2D eigenvalue weighted by Crippen LogP contribution is 2.35. The van der Waals surface area contributed by atoms with Gasteiger partial charge in [-0.2, -0.15) is 19.9 Å². The zero-order chi connectivity index (χ0) is 33.8. The van der Waals surface area contributed by atoms with Crippen LogP contribution in [0.2, 0.25) is 0 Å². The van der Waals surface area contributed by atoms with Crippen LogP contribution in [0.3, 0.4) is 0 Å². The second-order valence-corrected chi connectivity index (χ2v) is 11.7. The van der Waals surface area contributed by atoms with Gasteiger partial charge in [0.05, 0.1) is 11.6 Å². The van der Waals surface area contributed by atoms with Gasteiger partial charge in [-0.15, -0.1) is 4.99 Å². The Morgan fingerprint density at radius 1 is 1.15 bits per heavy atom. The van der Waals surface area contributed by atoms with E-state index in [0.717, 1.165) is 40.7 Å². The number of aryl methyl sites for hydroxylation is 1. The summed E-state index contributed by atoms with van der Waals surface area (Å²) in [5.41, 5.74) is 12.4. The van der Waals surface area contributed by atoms with Gasteiger partial charge in [0.15, 0.2) is 0 Å². The zero-order valence-corrected chi connectivity index (χ0v) is 26.3. The van der Waals surface area contributed by atoms with Crippen LogP contribution in [-0.2, 0) is 30.5 Å². The Labute approximate surface area is 276 Å². The largest absolute Gasteiger partial charge is 0.458 e. The summed E-state index contributed by atoms with van der Waals surface area (Å²) in [7, 11) is 0. The van der Waals surface area contributed by atoms with E-state index in [1.807, 2.05) is 25.1 Å². The van der Waals surface area contributed by atoms with Gasteiger partial charge in [-0.25, -0.2) is 9.78 Å². The minimum absolute atomic E-state index is 0.0282. The van der Waals surface area contributed by atoms with Gasteiger partial charge in [0.1, 0.15) is 24.3 Å². The van der Waals surface area contributed by atoms with Crippen molar-refractivity contribution in [1.29, 1.82) is 5.26 Å². The molecule has 0 saturated heterocycles. The van der Waals surface area contributed by atoms with Crippen LogP contribution in [-0.4, -0.2) is 56.0 Å². The third kappa shape index (κ3) is 6.57. The predicted molar refractivity (Wildman–Crippen MR) is 175 cm³/mol. The Morgan fingerprint density at radius 2 is 2.00 bits per heavy atom. The average Bonchev–Trinajstić information content (AvgIpc) is 3.73. The van der Waals surface area contributed by atoms with Crippen molar-refractivity contribution in [3.05, 3.63) is 106 Å². The molecule has 2 aromatic carbocycles. The van der Waals surface area contributed by atoms with Crippen molar-refractivity contribution >= 4 is 29.5 Å². The first-order chi connectivity index (χ1) is 23.2. The number of aromatic nitrogens is 4. The monoisotopic (exact) mass is 646 g/mol. The van der Waals surface area contributed by atoms with Crippen LogP contribution in [0.5, 0.6) is 0 Å². The summed E-state index contributed by atoms with van der Waals surface area (Å²) in [6, 6.07) is 10.8. The van der Waals surface area contributed by atoms with Crippen molar-refractivity contribution in [3.63, 3.8) is 0 Å². The van der Waals surface area contributed by atoms with E-state index in [9.17, 15) is 14.4 Å². The van der Waals surface area contributed by atoms with Gasteiger partial charge in [-0.1, -0.05) is 36.9 Å². The van der Waals surface area contributed by atoms with Crippen LogP contribution in [0.1, 0.15) is 83.6 Å². The van der Waals surface area contributed by atoms with Crippen LogP contribution in [0.25, 0.3) is 5.78 Å². The highest BCUT2D eigenvalue weighted by Gasteiger charge is 2.29. The molecule has 14 nitrogen and oxygen atoms in total. The van der Waals surface area contributed by atoms with Crippen LogP contribution in [0.15, 0.2) is 60.4 Å². The van der Waals surface area contributed by atoms with Crippen molar-refractivity contribution in [2.45, 2.75) is 57.7 Å². The number of benzene rings is 2. The third-order valence-electron chi connectivity index (χ3n) is 8.74. The fourth-order valence-corrected chi connectivity index (χ4v) is 6.40. The smallest absolute Gasteiger partial charge is 0.338 e. The van der Waals surface area contributed by atoms with Crippen molar-refractivity contribution < 1.29 is 19.1 Å². The molecule has 244 valence electrons. The number of amides is 2. The summed E-state index contributed by atoms with van der Waals surface area (Å²) in [6.45, 7) is 5.82. The zero-order valence-electron chi connectivity index (χ0n) is 26.3. The molecule has 6 rings (SSSR count). The number of esters is 1. The molecule has 4 aromatic rings. The molecule has 0 saturated carbocycles. The summed E-state index contributed by atoms with van der Waals surface area (Å²) in [5.74, 6) is -1.11. The highest BCUT2D eigenvalue weighted by molar-refractivity contribution is 5.98. The number of guanidine groups is 1. The fourth-order valence-electron chi connectivity index (χ4n) is 6.40. The second-order valence-electron chi connectivity index (χ2n) is 11.7. The van der Waals surface area contributed by atoms with Gasteiger partial charge >= 0.3 is 5.97 Å². The molecule has 2 aliphatic carbocycles. The van der Waals surface area contributed by atoms with Crippen molar-refractivity contribution in [1.82, 2.24) is 35.5 Å². The number of hydrogen-bond acceptors (Lipinski definition) is 9. The first kappa shape index (κ1) is 31.9. The average molecular weight is 647 g/mol. The fraction of sp³-hybridized carbons (Fsp3) is 0.294. The Hall–Kier alpha value is -6.10. The van der Waals surface area contributed by atoms with Gasteiger partial charge in [-0.05, 0) is 78.5 Å². The highest BCUT2D eigenvalue weighted by atomic mass is 16.5. The number of fused-ring (bicyclic) bond motifs is 3. The predicted octanol–water partition coefficient (Wildman–Crippen LogP) is 2.37. The van der Waals surface area contributed by atoms with Crippen LogP contribution in [0.4, 0.5) is 0 Å². The van der Waals surface area contributed by atoms with Gasteiger partial charge in [0.2, 0.25) is 12.2 Å². The maximum atomic E-state index is 13.6. The molecule has 14 heteroatoms.